The molecule has 0 bridgehead atoms. The summed E-state index contributed by atoms with van der Waals surface area (Å²) in [5.41, 5.74) is 0. The van der Waals surface area contributed by atoms with Gasteiger partial charge in [0.25, 0.3) is 0 Å². The molecule has 0 aromatic heterocycles. The molecule has 0 aliphatic heterocycles. The van der Waals surface area contributed by atoms with Crippen molar-refractivity contribution in [3.8, 4) is 0 Å². The fourth-order valence-electron chi connectivity index (χ4n) is 0. The van der Waals surface area contributed by atoms with Crippen molar-refractivity contribution in [2.45, 2.75) is 0 Å². The Balaban J connectivity index is -0.00000000347. The molecule has 0 heterocycles. The molecule has 15 heavy (non-hydrogen) atoms. The summed E-state index contributed by atoms with van der Waals surface area (Å²) in [6.45, 7) is 0. The summed E-state index contributed by atoms with van der Waals surface area (Å²) in [6.07, 6.45) is 0. The van der Waals surface area contributed by atoms with Crippen LogP contribution in [-0.2, 0) is 31.9 Å². The van der Waals surface area contributed by atoms with E-state index < -0.39 is 10.4 Å². The van der Waals surface area contributed by atoms with Gasteiger partial charge in [0.2, 0.25) is 10.4 Å². The molecule has 0 aromatic rings. The van der Waals surface area contributed by atoms with Crippen LogP contribution in [0.2, 0.25) is 0 Å². The van der Waals surface area contributed by atoms with Crippen LogP contribution in [0.1, 0.15) is 0 Å². The van der Waals surface area contributed by atoms with E-state index in [0.29, 0.717) is 0 Å². The summed E-state index contributed by atoms with van der Waals surface area (Å²) < 4.78 is 31.0. The van der Waals surface area contributed by atoms with Crippen molar-refractivity contribution in [3.05, 3.63) is 0 Å². The molecular weight excluding hydrogens is 306 g/mol. The molecule has 0 saturated heterocycles. The van der Waals surface area contributed by atoms with Crippen LogP contribution in [0.3, 0.4) is 0 Å². The van der Waals surface area contributed by atoms with Gasteiger partial charge >= 0.3 is 17.4 Å². The maximum atomic E-state index is 9.22. The standard InChI is InChI=1S/CH4O4S.ClH.Cr.H3N.6H2O/c1-5-6(2,3)4;;;;;;;;;/h1H3,(H,2,3,4);1H;;1H3;6*1H2/q;;+3;;;;;;;/p-2. The Hall–Kier alpha value is 0.412. The van der Waals surface area contributed by atoms with Gasteiger partial charge in [-0.1, -0.05) is 0 Å². The van der Waals surface area contributed by atoms with E-state index in [1.807, 2.05) is 0 Å². The van der Waals surface area contributed by atoms with E-state index in [2.05, 4.69) is 4.18 Å². The molecule has 0 amide bonds. The van der Waals surface area contributed by atoms with E-state index in [1.54, 1.807) is 0 Å². The maximum absolute atomic E-state index is 9.22. The first kappa shape index (κ1) is 109. The first-order valence-corrected chi connectivity index (χ1v) is 2.41. The largest absolute Gasteiger partial charge is 3.00 e. The molecule has 15 N–H and O–H groups in total. The van der Waals surface area contributed by atoms with Crippen molar-refractivity contribution in [3.63, 3.8) is 0 Å². The monoisotopic (exact) mass is 323 g/mol. The predicted molar refractivity (Wildman–Crippen MR) is 43.4 cm³/mol. The normalized spacial score (nSPS) is 4.67. The minimum atomic E-state index is -4.41. The van der Waals surface area contributed by atoms with Crippen LogP contribution < -0.4 is 18.6 Å². The van der Waals surface area contributed by atoms with Gasteiger partial charge in [0.05, 0.1) is 7.11 Å². The Bertz CT molecular complexity index is 127. The number of hydrogen-bond acceptors (Lipinski definition) is 5. The molecule has 0 saturated carbocycles. The van der Waals surface area contributed by atoms with Crippen molar-refractivity contribution < 1.29 is 79.8 Å². The van der Waals surface area contributed by atoms with Crippen molar-refractivity contribution in [2.24, 2.45) is 0 Å². The van der Waals surface area contributed by atoms with Crippen molar-refractivity contribution in [1.82, 2.24) is 6.15 Å². The summed E-state index contributed by atoms with van der Waals surface area (Å²) in [7, 11) is -3.60. The fourth-order valence-corrected chi connectivity index (χ4v) is 0. The summed E-state index contributed by atoms with van der Waals surface area (Å²) in [6, 6.07) is 0. The third-order valence-electron chi connectivity index (χ3n) is 0.204. The quantitative estimate of drug-likeness (QED) is 0.361. The van der Waals surface area contributed by atoms with Crippen LogP contribution in [0.5, 0.6) is 0 Å². The van der Waals surface area contributed by atoms with Crippen molar-refractivity contribution in [2.75, 3.05) is 7.11 Å². The Morgan fingerprint density at radius 3 is 1.00 bits per heavy atom. The van der Waals surface area contributed by atoms with Crippen LogP contribution in [0, 0.1) is 0 Å². The number of hydrogen-bond donors (Lipinski definition) is 1. The third kappa shape index (κ3) is 191. The van der Waals surface area contributed by atoms with Crippen LogP contribution in [0.25, 0.3) is 0 Å². The van der Waals surface area contributed by atoms with Gasteiger partial charge in [0.15, 0.2) is 0 Å². The molecule has 0 spiro atoms. The molecule has 1 radical (unpaired) electrons. The van der Waals surface area contributed by atoms with E-state index in [4.69, 9.17) is 0 Å². The summed E-state index contributed by atoms with van der Waals surface area (Å²) in [4.78, 5) is 0. The van der Waals surface area contributed by atoms with Crippen LogP contribution >= 0.6 is 0 Å². The second-order valence-corrected chi connectivity index (χ2v) is 1.72. The number of halogens is 1. The van der Waals surface area contributed by atoms with Gasteiger partial charge in [0.1, 0.15) is 0 Å². The Morgan fingerprint density at radius 1 is 0.933 bits per heavy atom. The molecule has 0 unspecified atom stereocenters. The first-order valence-electron chi connectivity index (χ1n) is 1.07. The Kier molecular flexibility index (Phi) is 344. The zero-order valence-corrected chi connectivity index (χ0v) is 10.4. The van der Waals surface area contributed by atoms with Gasteiger partial charge in [-0.3, -0.25) is 4.18 Å². The van der Waals surface area contributed by atoms with Crippen LogP contribution in [0.15, 0.2) is 0 Å². The maximum Gasteiger partial charge on any atom is 3.00 e. The first-order chi connectivity index (χ1) is 2.56. The molecule has 0 aliphatic carbocycles. The third-order valence-corrected chi connectivity index (χ3v) is 0.612. The van der Waals surface area contributed by atoms with E-state index in [-0.39, 0.29) is 68.8 Å². The molecule has 0 atom stereocenters. The van der Waals surface area contributed by atoms with Crippen LogP contribution in [-0.4, -0.2) is 52.9 Å². The second kappa shape index (κ2) is 47.2. The molecule has 0 fully saturated rings. The molecule has 105 valence electrons. The molecule has 0 aromatic carbocycles. The van der Waals surface area contributed by atoms with Gasteiger partial charge in [-0.25, -0.2) is 8.42 Å². The Morgan fingerprint density at radius 2 is 1.00 bits per heavy atom. The number of rotatable bonds is 1. The van der Waals surface area contributed by atoms with E-state index in [1.165, 1.54) is 0 Å². The Labute approximate surface area is 104 Å². The van der Waals surface area contributed by atoms with Gasteiger partial charge in [0, 0.05) is 0 Å². The van der Waals surface area contributed by atoms with Gasteiger partial charge in [-0.05, 0) is 0 Å². The van der Waals surface area contributed by atoms with Crippen molar-refractivity contribution in [1.29, 1.82) is 0 Å². The smallest absolute Gasteiger partial charge is 1.00 e. The summed E-state index contributed by atoms with van der Waals surface area (Å²) in [5, 5.41) is 0. The molecule has 14 heteroatoms. The SMILES string of the molecule is COS(=O)(=O)[O-].N.O.O.O.O.O.O.[Cl-].[Cr+3]. The van der Waals surface area contributed by atoms with E-state index in [0.717, 1.165) is 7.11 Å². The molecule has 0 rings (SSSR count). The zero-order chi connectivity index (χ0) is 5.21. The average Bonchev–Trinajstić information content (AvgIpc) is 1.35. The van der Waals surface area contributed by atoms with E-state index in [9.17, 15) is 13.0 Å². The summed E-state index contributed by atoms with van der Waals surface area (Å²) in [5.74, 6) is 0. The molecule has 0 aliphatic rings. The van der Waals surface area contributed by atoms with E-state index >= 15 is 0 Å². The summed E-state index contributed by atoms with van der Waals surface area (Å²) >= 11 is 0. The zero-order valence-electron chi connectivity index (χ0n) is 7.53. The van der Waals surface area contributed by atoms with Crippen molar-refractivity contribution >= 4 is 10.4 Å². The van der Waals surface area contributed by atoms with Gasteiger partial charge in [-0.2, -0.15) is 0 Å². The minimum Gasteiger partial charge on any atom is -1.00 e. The fraction of sp³-hybridized carbons (Fsp3) is 1.00. The minimum absolute atomic E-state index is 0. The van der Waals surface area contributed by atoms with Gasteiger partial charge in [-0.15, -0.1) is 0 Å². The second-order valence-electron chi connectivity index (χ2n) is 0.575. The average molecular weight is 324 g/mol. The van der Waals surface area contributed by atoms with Gasteiger partial charge < -0.3 is 56.0 Å². The topological polar surface area (TPSA) is 290 Å². The molecular formula is CH18ClCrNO10S+. The predicted octanol–water partition coefficient (Wildman–Crippen LogP) is -8.69. The van der Waals surface area contributed by atoms with Crippen LogP contribution in [0.4, 0.5) is 0 Å². The molecule has 11 nitrogen and oxygen atoms in total.